The zero-order valence-electron chi connectivity index (χ0n) is 19.9. The predicted molar refractivity (Wildman–Crippen MR) is 138 cm³/mol. The molecule has 0 bridgehead atoms. The number of nitrogens with one attached hydrogen (secondary N) is 1. The van der Waals surface area contributed by atoms with Gasteiger partial charge in [-0.25, -0.2) is 4.68 Å². The summed E-state index contributed by atoms with van der Waals surface area (Å²) >= 11 is 12.5. The Balaban J connectivity index is 1.87. The Morgan fingerprint density at radius 1 is 1.06 bits per heavy atom. The van der Waals surface area contributed by atoms with Gasteiger partial charge in [0.25, 0.3) is 5.91 Å². The van der Waals surface area contributed by atoms with E-state index in [0.717, 1.165) is 18.5 Å². The molecule has 3 aromatic rings. The Kier molecular flexibility index (Phi) is 8.39. The quantitative estimate of drug-likeness (QED) is 0.391. The van der Waals surface area contributed by atoms with Crippen LogP contribution in [0.1, 0.15) is 56.6 Å². The number of nitrogens with zero attached hydrogens (tertiary/aromatic N) is 3. The SMILES string of the molecule is CCCCN(CC(=O)Nc1cc(C(C)(C)C)nn1-c1ccccc1Cl)C(=O)c1cccc(Cl)c1. The van der Waals surface area contributed by atoms with Gasteiger partial charge in [0.2, 0.25) is 5.91 Å². The Bertz CT molecular complexity index is 1170. The Morgan fingerprint density at radius 2 is 1.79 bits per heavy atom. The number of amides is 2. The molecule has 6 nitrogen and oxygen atoms in total. The molecule has 34 heavy (non-hydrogen) atoms. The van der Waals surface area contributed by atoms with Gasteiger partial charge in [-0.05, 0) is 36.8 Å². The minimum absolute atomic E-state index is 0.0934. The molecule has 0 saturated carbocycles. The van der Waals surface area contributed by atoms with Crippen molar-refractivity contribution in [2.45, 2.75) is 46.0 Å². The van der Waals surface area contributed by atoms with Gasteiger partial charge in [-0.1, -0.05) is 75.5 Å². The lowest BCUT2D eigenvalue weighted by Crippen LogP contribution is -2.39. The van der Waals surface area contributed by atoms with Crippen LogP contribution in [0.25, 0.3) is 5.69 Å². The Morgan fingerprint density at radius 3 is 2.44 bits per heavy atom. The van der Waals surface area contributed by atoms with Gasteiger partial charge in [-0.15, -0.1) is 0 Å². The number of carbonyl (C=O) groups excluding carboxylic acids is 2. The molecule has 2 amide bonds. The third-order valence-electron chi connectivity index (χ3n) is 5.30. The standard InChI is InChI=1S/C26H30Cl2N4O2/c1-5-6-14-31(25(34)18-10-9-11-19(27)15-18)17-24(33)29-23-16-22(26(2,3)4)30-32(23)21-13-8-7-12-20(21)28/h7-13,15-16H,5-6,14,17H2,1-4H3,(H,29,33). The van der Waals surface area contributed by atoms with Crippen molar-refractivity contribution in [1.29, 1.82) is 0 Å². The highest BCUT2D eigenvalue weighted by atomic mass is 35.5. The summed E-state index contributed by atoms with van der Waals surface area (Å²) in [4.78, 5) is 27.8. The molecule has 0 spiro atoms. The molecule has 8 heteroatoms. The molecule has 1 heterocycles. The molecule has 0 radical (unpaired) electrons. The molecule has 0 unspecified atom stereocenters. The van der Waals surface area contributed by atoms with E-state index in [9.17, 15) is 9.59 Å². The molecule has 1 N–H and O–H groups in total. The maximum absolute atomic E-state index is 13.1. The fourth-order valence-corrected chi connectivity index (χ4v) is 3.81. The monoisotopic (exact) mass is 500 g/mol. The highest BCUT2D eigenvalue weighted by Crippen LogP contribution is 2.29. The summed E-state index contributed by atoms with van der Waals surface area (Å²) in [5, 5.41) is 8.64. The normalized spacial score (nSPS) is 11.4. The van der Waals surface area contributed by atoms with Crippen molar-refractivity contribution in [3.8, 4) is 5.69 Å². The number of unbranched alkanes of at least 4 members (excludes halogenated alkanes) is 1. The molecule has 2 aromatic carbocycles. The molecule has 0 saturated heterocycles. The van der Waals surface area contributed by atoms with Gasteiger partial charge >= 0.3 is 0 Å². The van der Waals surface area contributed by atoms with E-state index in [-0.39, 0.29) is 23.8 Å². The van der Waals surface area contributed by atoms with Crippen molar-refractivity contribution in [2.75, 3.05) is 18.4 Å². The minimum Gasteiger partial charge on any atom is -0.329 e. The van der Waals surface area contributed by atoms with Gasteiger partial charge in [-0.2, -0.15) is 5.10 Å². The first-order valence-electron chi connectivity index (χ1n) is 11.3. The van der Waals surface area contributed by atoms with E-state index in [4.69, 9.17) is 28.3 Å². The molecule has 3 rings (SSSR count). The van der Waals surface area contributed by atoms with Crippen LogP contribution in [0.3, 0.4) is 0 Å². The highest BCUT2D eigenvalue weighted by molar-refractivity contribution is 6.32. The van der Waals surface area contributed by atoms with E-state index in [1.54, 1.807) is 39.9 Å². The van der Waals surface area contributed by atoms with E-state index < -0.39 is 0 Å². The summed E-state index contributed by atoms with van der Waals surface area (Å²) in [5.74, 6) is -0.0603. The number of para-hydroxylation sites is 1. The first-order chi connectivity index (χ1) is 16.1. The second kappa shape index (κ2) is 11.1. The van der Waals surface area contributed by atoms with Gasteiger partial charge in [0, 0.05) is 28.6 Å². The third-order valence-corrected chi connectivity index (χ3v) is 5.86. The average Bonchev–Trinajstić information content (AvgIpc) is 3.20. The number of aromatic nitrogens is 2. The van der Waals surface area contributed by atoms with Crippen LogP contribution in [0.2, 0.25) is 10.0 Å². The van der Waals surface area contributed by atoms with Crippen LogP contribution >= 0.6 is 23.2 Å². The van der Waals surface area contributed by atoms with Gasteiger partial charge < -0.3 is 10.2 Å². The predicted octanol–water partition coefficient (Wildman–Crippen LogP) is 6.36. The van der Waals surface area contributed by atoms with Crippen LogP contribution in [0.4, 0.5) is 5.82 Å². The summed E-state index contributed by atoms with van der Waals surface area (Å²) < 4.78 is 1.63. The molecule has 1 aromatic heterocycles. The van der Waals surface area contributed by atoms with E-state index >= 15 is 0 Å². The average molecular weight is 501 g/mol. The molecule has 180 valence electrons. The van der Waals surface area contributed by atoms with Crippen molar-refractivity contribution in [1.82, 2.24) is 14.7 Å². The number of hydrogen-bond donors (Lipinski definition) is 1. The highest BCUT2D eigenvalue weighted by Gasteiger charge is 2.24. The van der Waals surface area contributed by atoms with Crippen LogP contribution in [-0.2, 0) is 10.2 Å². The van der Waals surface area contributed by atoms with Crippen molar-refractivity contribution in [2.24, 2.45) is 0 Å². The van der Waals surface area contributed by atoms with E-state index in [0.29, 0.717) is 33.7 Å². The third kappa shape index (κ3) is 6.39. The zero-order valence-corrected chi connectivity index (χ0v) is 21.5. The number of carbonyl (C=O) groups is 2. The molecule has 0 atom stereocenters. The molecular formula is C26H30Cl2N4O2. The minimum atomic E-state index is -0.319. The van der Waals surface area contributed by atoms with E-state index in [1.165, 1.54) is 0 Å². The fourth-order valence-electron chi connectivity index (χ4n) is 3.40. The zero-order chi connectivity index (χ0) is 24.9. The topological polar surface area (TPSA) is 67.2 Å². The van der Waals surface area contributed by atoms with Gasteiger partial charge in [0.1, 0.15) is 12.4 Å². The Labute approximate surface area is 210 Å². The van der Waals surface area contributed by atoms with Crippen LogP contribution in [0.5, 0.6) is 0 Å². The van der Waals surface area contributed by atoms with Crippen LogP contribution in [0, 0.1) is 0 Å². The van der Waals surface area contributed by atoms with Crippen LogP contribution < -0.4 is 5.32 Å². The lowest BCUT2D eigenvalue weighted by atomic mass is 9.92. The van der Waals surface area contributed by atoms with Crippen molar-refractivity contribution in [3.63, 3.8) is 0 Å². The second-order valence-corrected chi connectivity index (χ2v) is 10.0. The van der Waals surface area contributed by atoms with Crippen molar-refractivity contribution in [3.05, 3.63) is 75.9 Å². The number of benzene rings is 2. The smallest absolute Gasteiger partial charge is 0.254 e. The number of hydrogen-bond acceptors (Lipinski definition) is 3. The van der Waals surface area contributed by atoms with Crippen LogP contribution in [-0.4, -0.2) is 39.6 Å². The molecule has 0 aliphatic carbocycles. The van der Waals surface area contributed by atoms with Crippen LogP contribution in [0.15, 0.2) is 54.6 Å². The lowest BCUT2D eigenvalue weighted by Gasteiger charge is -2.22. The number of anilines is 1. The second-order valence-electron chi connectivity index (χ2n) is 9.17. The summed E-state index contributed by atoms with van der Waals surface area (Å²) in [5.41, 5.74) is 1.68. The summed E-state index contributed by atoms with van der Waals surface area (Å²) in [6, 6.07) is 15.9. The van der Waals surface area contributed by atoms with Crippen molar-refractivity contribution >= 4 is 40.8 Å². The van der Waals surface area contributed by atoms with Gasteiger partial charge in [0.15, 0.2) is 0 Å². The summed E-state index contributed by atoms with van der Waals surface area (Å²) in [6.45, 7) is 8.56. The Hall–Kier alpha value is -2.83. The number of rotatable bonds is 8. The largest absolute Gasteiger partial charge is 0.329 e. The maximum atomic E-state index is 13.1. The fraction of sp³-hybridized carbons (Fsp3) is 0.346. The number of halogens is 2. The maximum Gasteiger partial charge on any atom is 0.254 e. The summed E-state index contributed by atoms with van der Waals surface area (Å²) in [7, 11) is 0. The lowest BCUT2D eigenvalue weighted by molar-refractivity contribution is -0.116. The van der Waals surface area contributed by atoms with Gasteiger partial charge in [-0.3, -0.25) is 9.59 Å². The molecule has 0 aliphatic rings. The summed E-state index contributed by atoms with van der Waals surface area (Å²) in [6.07, 6.45) is 1.68. The molecular weight excluding hydrogens is 471 g/mol. The van der Waals surface area contributed by atoms with Gasteiger partial charge in [0.05, 0.1) is 16.4 Å². The molecule has 0 fully saturated rings. The first kappa shape index (κ1) is 25.8. The van der Waals surface area contributed by atoms with Crippen molar-refractivity contribution < 1.29 is 9.59 Å². The first-order valence-corrected chi connectivity index (χ1v) is 12.1. The van der Waals surface area contributed by atoms with E-state index in [1.807, 2.05) is 52.0 Å². The molecule has 0 aliphatic heterocycles. The van der Waals surface area contributed by atoms with E-state index in [2.05, 4.69) is 5.32 Å².